The predicted octanol–water partition coefficient (Wildman–Crippen LogP) is -0.0401. The van der Waals surface area contributed by atoms with Gasteiger partial charge in [0.15, 0.2) is 0 Å². The highest BCUT2D eigenvalue weighted by atomic mass is 16.5. The van der Waals surface area contributed by atoms with Crippen LogP contribution < -0.4 is 5.32 Å². The van der Waals surface area contributed by atoms with Gasteiger partial charge in [-0.2, -0.15) is 0 Å². The summed E-state index contributed by atoms with van der Waals surface area (Å²) < 4.78 is 4.75. The van der Waals surface area contributed by atoms with Gasteiger partial charge in [0, 0.05) is 13.5 Å². The molecule has 0 heterocycles. The normalized spacial score (nSPS) is 13.9. The molecule has 0 aliphatic heterocycles. The van der Waals surface area contributed by atoms with Gasteiger partial charge >= 0.3 is 5.97 Å². The summed E-state index contributed by atoms with van der Waals surface area (Å²) in [5, 5.41) is 11.1. The topological polar surface area (TPSA) is 92.7 Å². The van der Waals surface area contributed by atoms with Gasteiger partial charge < -0.3 is 20.0 Å². The van der Waals surface area contributed by atoms with Gasteiger partial charge in [0.1, 0.15) is 17.9 Å². The van der Waals surface area contributed by atoms with Crippen molar-refractivity contribution in [2.24, 2.45) is 0 Å². The number of Topliss-reactive ketones (excluding diaryl/α,β-unsaturated/α-hetero) is 1. The summed E-state index contributed by atoms with van der Waals surface area (Å²) in [5.74, 6) is -1.77. The summed E-state index contributed by atoms with van der Waals surface area (Å²) in [5.41, 5.74) is 0. The number of aliphatic carboxylic acids is 1. The summed E-state index contributed by atoms with van der Waals surface area (Å²) in [7, 11) is 1.36. The number of rotatable bonds is 7. The zero-order valence-corrected chi connectivity index (χ0v) is 9.65. The number of ketones is 1. The number of nitrogens with one attached hydrogen (secondary N) is 1. The standard InChI is InChI=1S/C10H17NO5/c1-6(12)4-5-8(10(14)15)11-9(13)7(2)16-3/h7-8H,4-5H2,1-3H3,(H,11,13)(H,14,15)/t7-,8?/m0/s1. The van der Waals surface area contributed by atoms with E-state index < -0.39 is 24.0 Å². The molecular weight excluding hydrogens is 214 g/mol. The molecule has 92 valence electrons. The first-order chi connectivity index (χ1) is 7.38. The van der Waals surface area contributed by atoms with Crippen LogP contribution in [0.2, 0.25) is 0 Å². The van der Waals surface area contributed by atoms with Crippen LogP contribution >= 0.6 is 0 Å². The van der Waals surface area contributed by atoms with Crippen molar-refractivity contribution in [1.82, 2.24) is 5.32 Å². The van der Waals surface area contributed by atoms with Crippen molar-refractivity contribution >= 4 is 17.7 Å². The number of amides is 1. The first kappa shape index (κ1) is 14.6. The van der Waals surface area contributed by atoms with E-state index in [4.69, 9.17) is 9.84 Å². The van der Waals surface area contributed by atoms with Gasteiger partial charge in [0.05, 0.1) is 0 Å². The van der Waals surface area contributed by atoms with Crippen LogP contribution in [-0.4, -0.2) is 42.0 Å². The van der Waals surface area contributed by atoms with E-state index in [0.717, 1.165) is 0 Å². The zero-order chi connectivity index (χ0) is 12.7. The van der Waals surface area contributed by atoms with E-state index in [1.807, 2.05) is 0 Å². The van der Waals surface area contributed by atoms with Crippen molar-refractivity contribution in [3.05, 3.63) is 0 Å². The van der Waals surface area contributed by atoms with E-state index in [0.29, 0.717) is 0 Å². The summed E-state index contributed by atoms with van der Waals surface area (Å²) in [6.45, 7) is 2.89. The second-order valence-electron chi connectivity index (χ2n) is 3.52. The number of carbonyl (C=O) groups is 3. The Hall–Kier alpha value is -1.43. The molecule has 0 saturated carbocycles. The average molecular weight is 231 g/mol. The molecule has 0 spiro atoms. The number of hydrogen-bond donors (Lipinski definition) is 2. The maximum Gasteiger partial charge on any atom is 0.326 e. The van der Waals surface area contributed by atoms with Gasteiger partial charge in [-0.3, -0.25) is 4.79 Å². The first-order valence-electron chi connectivity index (χ1n) is 4.94. The lowest BCUT2D eigenvalue weighted by Crippen LogP contribution is -2.45. The van der Waals surface area contributed by atoms with Gasteiger partial charge in [-0.1, -0.05) is 0 Å². The van der Waals surface area contributed by atoms with Gasteiger partial charge in [-0.05, 0) is 20.3 Å². The second-order valence-corrected chi connectivity index (χ2v) is 3.52. The minimum atomic E-state index is -1.15. The van der Waals surface area contributed by atoms with E-state index in [-0.39, 0.29) is 18.6 Å². The molecule has 0 rings (SSSR count). The van der Waals surface area contributed by atoms with Crippen LogP contribution in [0.4, 0.5) is 0 Å². The van der Waals surface area contributed by atoms with Crippen LogP contribution in [0.15, 0.2) is 0 Å². The third-order valence-corrected chi connectivity index (χ3v) is 2.12. The highest BCUT2D eigenvalue weighted by Gasteiger charge is 2.22. The zero-order valence-electron chi connectivity index (χ0n) is 9.65. The lowest BCUT2D eigenvalue weighted by atomic mass is 10.1. The van der Waals surface area contributed by atoms with Crippen molar-refractivity contribution in [1.29, 1.82) is 0 Å². The Labute approximate surface area is 94.0 Å². The third kappa shape index (κ3) is 5.45. The van der Waals surface area contributed by atoms with Gasteiger partial charge in [-0.15, -0.1) is 0 Å². The molecule has 0 aromatic heterocycles. The van der Waals surface area contributed by atoms with E-state index in [2.05, 4.69) is 5.32 Å². The lowest BCUT2D eigenvalue weighted by molar-refractivity contribution is -0.143. The van der Waals surface area contributed by atoms with Crippen LogP contribution in [0.5, 0.6) is 0 Å². The van der Waals surface area contributed by atoms with Crippen LogP contribution in [0, 0.1) is 0 Å². The smallest absolute Gasteiger partial charge is 0.326 e. The molecule has 0 radical (unpaired) electrons. The number of carboxylic acid groups (broad SMARTS) is 1. The Morgan fingerprint density at radius 2 is 1.94 bits per heavy atom. The fraction of sp³-hybridized carbons (Fsp3) is 0.700. The van der Waals surface area contributed by atoms with Crippen molar-refractivity contribution < 1.29 is 24.2 Å². The molecule has 1 amide bonds. The molecule has 0 saturated heterocycles. The molecular formula is C10H17NO5. The maximum absolute atomic E-state index is 11.3. The highest BCUT2D eigenvalue weighted by Crippen LogP contribution is 2.00. The van der Waals surface area contributed by atoms with Crippen LogP contribution in [-0.2, 0) is 19.1 Å². The van der Waals surface area contributed by atoms with Crippen molar-refractivity contribution in [3.63, 3.8) is 0 Å². The Balaban J connectivity index is 4.28. The van der Waals surface area contributed by atoms with Crippen LogP contribution in [0.3, 0.4) is 0 Å². The summed E-state index contributed by atoms with van der Waals surface area (Å²) >= 11 is 0. The number of ether oxygens (including phenoxy) is 1. The molecule has 0 aromatic rings. The highest BCUT2D eigenvalue weighted by molar-refractivity contribution is 5.86. The first-order valence-corrected chi connectivity index (χ1v) is 4.94. The van der Waals surface area contributed by atoms with E-state index in [1.54, 1.807) is 0 Å². The molecule has 0 aromatic carbocycles. The van der Waals surface area contributed by atoms with Crippen LogP contribution in [0.25, 0.3) is 0 Å². The second kappa shape index (κ2) is 6.95. The Kier molecular flexibility index (Phi) is 6.32. The third-order valence-electron chi connectivity index (χ3n) is 2.12. The molecule has 0 aliphatic rings. The molecule has 16 heavy (non-hydrogen) atoms. The molecule has 2 N–H and O–H groups in total. The predicted molar refractivity (Wildman–Crippen MR) is 56.0 cm³/mol. The molecule has 0 fully saturated rings. The fourth-order valence-electron chi connectivity index (χ4n) is 1.00. The SMILES string of the molecule is CO[C@@H](C)C(=O)NC(CCC(C)=O)C(=O)O. The number of carbonyl (C=O) groups excluding carboxylic acids is 2. The summed E-state index contributed by atoms with van der Waals surface area (Å²) in [4.78, 5) is 32.9. The molecule has 2 atom stereocenters. The average Bonchev–Trinajstić information content (AvgIpc) is 2.21. The van der Waals surface area contributed by atoms with E-state index in [1.165, 1.54) is 21.0 Å². The van der Waals surface area contributed by atoms with Crippen molar-refractivity contribution in [2.75, 3.05) is 7.11 Å². The van der Waals surface area contributed by atoms with Gasteiger partial charge in [0.25, 0.3) is 0 Å². The van der Waals surface area contributed by atoms with Gasteiger partial charge in [-0.25, -0.2) is 4.79 Å². The molecule has 0 aliphatic carbocycles. The lowest BCUT2D eigenvalue weighted by Gasteiger charge is -2.16. The molecule has 0 bridgehead atoms. The number of methoxy groups -OCH3 is 1. The van der Waals surface area contributed by atoms with E-state index in [9.17, 15) is 14.4 Å². The Morgan fingerprint density at radius 3 is 2.31 bits per heavy atom. The van der Waals surface area contributed by atoms with Crippen LogP contribution in [0.1, 0.15) is 26.7 Å². The fourth-order valence-corrected chi connectivity index (χ4v) is 1.00. The largest absolute Gasteiger partial charge is 0.480 e. The minimum absolute atomic E-state index is 0.0901. The molecule has 6 heteroatoms. The molecule has 6 nitrogen and oxygen atoms in total. The summed E-state index contributed by atoms with van der Waals surface area (Å²) in [6.07, 6.45) is -0.495. The monoisotopic (exact) mass is 231 g/mol. The number of hydrogen-bond acceptors (Lipinski definition) is 4. The van der Waals surface area contributed by atoms with Gasteiger partial charge in [0.2, 0.25) is 5.91 Å². The maximum atomic E-state index is 11.3. The molecule has 1 unspecified atom stereocenters. The minimum Gasteiger partial charge on any atom is -0.480 e. The van der Waals surface area contributed by atoms with Crippen molar-refractivity contribution in [2.45, 2.75) is 38.8 Å². The summed E-state index contributed by atoms with van der Waals surface area (Å²) in [6, 6.07) is -1.05. The number of carboxylic acids is 1. The van der Waals surface area contributed by atoms with Crippen molar-refractivity contribution in [3.8, 4) is 0 Å². The quantitative estimate of drug-likeness (QED) is 0.641. The Bertz CT molecular complexity index is 276. The Morgan fingerprint density at radius 1 is 1.38 bits per heavy atom. The van der Waals surface area contributed by atoms with E-state index >= 15 is 0 Å².